The van der Waals surface area contributed by atoms with Gasteiger partial charge in [0, 0.05) is 12.0 Å². The Kier molecular flexibility index (Phi) is 16.3. The van der Waals surface area contributed by atoms with Crippen molar-refractivity contribution < 1.29 is 34.8 Å². The van der Waals surface area contributed by atoms with Crippen molar-refractivity contribution in [2.24, 2.45) is 0 Å². The van der Waals surface area contributed by atoms with Crippen LogP contribution in [0.5, 0.6) is 11.5 Å². The third kappa shape index (κ3) is 13.9. The van der Waals surface area contributed by atoms with Crippen LogP contribution >= 0.6 is 0 Å². The van der Waals surface area contributed by atoms with Gasteiger partial charge in [-0.25, -0.2) is 4.79 Å². The van der Waals surface area contributed by atoms with Crippen LogP contribution in [0.2, 0.25) is 0 Å². The van der Waals surface area contributed by atoms with E-state index in [1.54, 1.807) is 0 Å². The second-order valence-electron chi connectivity index (χ2n) is 17.2. The number of unbranched alkanes of at least 4 members (excludes halogenated alkanes) is 3. The number of aromatic hydroxyl groups is 2. The Morgan fingerprint density at radius 2 is 1.04 bits per heavy atom. The molecule has 49 heavy (non-hydrogen) atoms. The van der Waals surface area contributed by atoms with Gasteiger partial charge in [-0.15, -0.1) is 0 Å². The number of hydrogen-bond acceptors (Lipinski definition) is 7. The Morgan fingerprint density at radius 3 is 1.39 bits per heavy atom. The Hall–Kier alpha value is -3.16. The van der Waals surface area contributed by atoms with Crippen LogP contribution in [0.1, 0.15) is 155 Å². The minimum Gasteiger partial charge on any atom is -0.507 e. The Morgan fingerprint density at radius 1 is 0.653 bits per heavy atom. The lowest BCUT2D eigenvalue weighted by Gasteiger charge is -2.28. The number of phenols is 2. The molecule has 0 saturated heterocycles. The molecule has 0 atom stereocenters. The highest BCUT2D eigenvalue weighted by Gasteiger charge is 2.29. The van der Waals surface area contributed by atoms with E-state index in [9.17, 15) is 19.8 Å². The summed E-state index contributed by atoms with van der Waals surface area (Å²) >= 11 is 0. The quantitative estimate of drug-likeness (QED) is 0.0807. The molecule has 0 aliphatic carbocycles. The highest BCUT2D eigenvalue weighted by molar-refractivity contribution is 5.96. The first-order valence-electron chi connectivity index (χ1n) is 17.8. The van der Waals surface area contributed by atoms with E-state index in [1.165, 1.54) is 0 Å². The van der Waals surface area contributed by atoms with Crippen LogP contribution in [0.4, 0.5) is 0 Å². The fourth-order valence-corrected chi connectivity index (χ4v) is 5.51. The lowest BCUT2D eigenvalue weighted by molar-refractivity contribution is -0.156. The molecular formula is C42H66O7. The average molecular weight is 683 g/mol. The van der Waals surface area contributed by atoms with Gasteiger partial charge in [-0.1, -0.05) is 133 Å². The van der Waals surface area contributed by atoms with Crippen LogP contribution in [-0.2, 0) is 48.8 Å². The summed E-state index contributed by atoms with van der Waals surface area (Å²) < 4.78 is 5.46. The number of phenolic OH excluding ortho intramolecular Hbond substituents is 2. The van der Waals surface area contributed by atoms with Gasteiger partial charge in [0.1, 0.15) is 11.5 Å². The van der Waals surface area contributed by atoms with Gasteiger partial charge in [-0.3, -0.25) is 4.79 Å². The van der Waals surface area contributed by atoms with Gasteiger partial charge >= 0.3 is 11.9 Å². The van der Waals surface area contributed by atoms with Gasteiger partial charge in [0.15, 0.2) is 0 Å². The summed E-state index contributed by atoms with van der Waals surface area (Å²) in [6.45, 7) is 26.6. The minimum absolute atomic E-state index is 0.0500. The van der Waals surface area contributed by atoms with Gasteiger partial charge < -0.3 is 25.2 Å². The molecule has 0 aromatic heterocycles. The molecule has 0 amide bonds. The lowest BCUT2D eigenvalue weighted by atomic mass is 9.78. The number of aliphatic hydroxyl groups excluding tert-OH is 2. The number of allylic oxidation sites excluding steroid dienone is 1. The van der Waals surface area contributed by atoms with E-state index in [-0.39, 0.29) is 41.3 Å². The third-order valence-electron chi connectivity index (χ3n) is 8.35. The normalized spacial score (nSPS) is 12.8. The second-order valence-corrected chi connectivity index (χ2v) is 17.2. The largest absolute Gasteiger partial charge is 0.507 e. The predicted octanol–water partition coefficient (Wildman–Crippen LogP) is 9.01. The van der Waals surface area contributed by atoms with E-state index in [1.807, 2.05) is 30.3 Å². The van der Waals surface area contributed by atoms with Crippen molar-refractivity contribution in [2.75, 3.05) is 13.2 Å². The van der Waals surface area contributed by atoms with E-state index in [0.717, 1.165) is 59.1 Å². The molecule has 0 heterocycles. The molecule has 2 rings (SSSR count). The highest BCUT2D eigenvalue weighted by atomic mass is 16.6. The molecule has 2 aromatic carbocycles. The maximum Gasteiger partial charge on any atom is 0.341 e. The summed E-state index contributed by atoms with van der Waals surface area (Å²) in [4.78, 5) is 26.5. The Bertz CT molecular complexity index is 1350. The molecule has 276 valence electrons. The molecule has 7 heteroatoms. The number of rotatable bonds is 11. The standard InChI is InChI=1S/C40H60O5.C2H6O2/c1-14-15-16-17-18-28(21-27-24-31(39(8,9)10)35(43)32(25-27)40(11,12)13)36(44)45-33(41)20-19-26-22-29(37(2,3)4)34(42)30(23-26)38(5,6)7;3-1-2-4/h18,22-25,42-43H,14-17,19-21H2,1-13H3;3-4H,1-2H2. The van der Waals surface area contributed by atoms with Gasteiger partial charge in [0.05, 0.1) is 19.6 Å². The van der Waals surface area contributed by atoms with Crippen molar-refractivity contribution in [1.82, 2.24) is 0 Å². The van der Waals surface area contributed by atoms with Crippen molar-refractivity contribution in [3.8, 4) is 11.5 Å². The Balaban J connectivity index is 0.00000283. The summed E-state index contributed by atoms with van der Waals surface area (Å²) in [7, 11) is 0. The van der Waals surface area contributed by atoms with Crippen LogP contribution in [0, 0.1) is 0 Å². The summed E-state index contributed by atoms with van der Waals surface area (Å²) in [5.41, 5.74) is 4.48. The molecule has 0 fully saturated rings. The first-order chi connectivity index (χ1) is 22.4. The number of esters is 2. The van der Waals surface area contributed by atoms with E-state index in [4.69, 9.17) is 14.9 Å². The zero-order valence-electron chi connectivity index (χ0n) is 32.8. The van der Waals surface area contributed by atoms with Crippen LogP contribution < -0.4 is 0 Å². The second kappa shape index (κ2) is 18.2. The zero-order valence-corrected chi connectivity index (χ0v) is 32.8. The molecule has 0 saturated carbocycles. The minimum atomic E-state index is -0.615. The summed E-state index contributed by atoms with van der Waals surface area (Å²) in [6, 6.07) is 7.88. The third-order valence-corrected chi connectivity index (χ3v) is 8.35. The average Bonchev–Trinajstić information content (AvgIpc) is 2.96. The molecular weight excluding hydrogens is 616 g/mol. The van der Waals surface area contributed by atoms with E-state index >= 15 is 0 Å². The predicted molar refractivity (Wildman–Crippen MR) is 201 cm³/mol. The smallest absolute Gasteiger partial charge is 0.341 e. The Labute approximate surface area is 296 Å². The van der Waals surface area contributed by atoms with E-state index in [2.05, 4.69) is 90.0 Å². The van der Waals surface area contributed by atoms with Crippen LogP contribution in [-0.4, -0.2) is 45.6 Å². The van der Waals surface area contributed by atoms with Crippen LogP contribution in [0.3, 0.4) is 0 Å². The summed E-state index contributed by atoms with van der Waals surface area (Å²) in [5.74, 6) is -0.592. The molecule has 0 aliphatic heterocycles. The molecule has 2 aromatic rings. The fourth-order valence-electron chi connectivity index (χ4n) is 5.51. The van der Waals surface area contributed by atoms with Crippen molar-refractivity contribution >= 4 is 11.9 Å². The van der Waals surface area contributed by atoms with Crippen molar-refractivity contribution in [2.45, 2.75) is 157 Å². The molecule has 0 bridgehead atoms. The number of ether oxygens (including phenoxy) is 1. The zero-order chi connectivity index (χ0) is 38.0. The molecule has 4 N–H and O–H groups in total. The molecule has 0 radical (unpaired) electrons. The van der Waals surface area contributed by atoms with Crippen LogP contribution in [0.15, 0.2) is 35.9 Å². The van der Waals surface area contributed by atoms with Gasteiger partial charge in [-0.2, -0.15) is 0 Å². The first kappa shape index (κ1) is 43.9. The number of aliphatic hydroxyl groups is 2. The summed E-state index contributed by atoms with van der Waals surface area (Å²) in [5, 5.41) is 37.5. The van der Waals surface area contributed by atoms with Crippen molar-refractivity contribution in [3.63, 3.8) is 0 Å². The molecule has 0 aliphatic rings. The maximum atomic E-state index is 13.5. The first-order valence-corrected chi connectivity index (χ1v) is 17.8. The van der Waals surface area contributed by atoms with E-state index < -0.39 is 11.9 Å². The molecule has 7 nitrogen and oxygen atoms in total. The number of carbonyl (C=O) groups excluding carboxylic acids is 2. The van der Waals surface area contributed by atoms with Crippen LogP contribution in [0.25, 0.3) is 0 Å². The SMILES string of the molecule is CCCCCC=C(Cc1cc(C(C)(C)C)c(O)c(C(C)(C)C)c1)C(=O)OC(=O)CCc1cc(C(C)(C)C)c(O)c(C(C)(C)C)c1.OCCO. The number of aryl methyl sites for hydroxylation is 1. The van der Waals surface area contributed by atoms with Gasteiger partial charge in [-0.05, 0) is 74.3 Å². The topological polar surface area (TPSA) is 124 Å². The number of hydrogen-bond donors (Lipinski definition) is 4. The monoisotopic (exact) mass is 682 g/mol. The van der Waals surface area contributed by atoms with Gasteiger partial charge in [0.2, 0.25) is 0 Å². The summed E-state index contributed by atoms with van der Waals surface area (Å²) in [6.07, 6.45) is 6.47. The van der Waals surface area contributed by atoms with Gasteiger partial charge in [0.25, 0.3) is 0 Å². The lowest BCUT2D eigenvalue weighted by Crippen LogP contribution is -2.20. The number of carbonyl (C=O) groups is 2. The molecule has 0 unspecified atom stereocenters. The fraction of sp³-hybridized carbons (Fsp3) is 0.619. The number of benzene rings is 2. The highest BCUT2D eigenvalue weighted by Crippen LogP contribution is 2.41. The van der Waals surface area contributed by atoms with Crippen molar-refractivity contribution in [1.29, 1.82) is 0 Å². The van der Waals surface area contributed by atoms with Crippen molar-refractivity contribution in [3.05, 3.63) is 69.3 Å². The molecule has 0 spiro atoms. The maximum absolute atomic E-state index is 13.5. The van der Waals surface area contributed by atoms with E-state index in [0.29, 0.717) is 29.9 Å².